The van der Waals surface area contributed by atoms with Crippen LogP contribution in [0.4, 0.5) is 0 Å². The molecular formula is C11H17ClN2S. The summed E-state index contributed by atoms with van der Waals surface area (Å²) in [6.07, 6.45) is 4.48. The minimum absolute atomic E-state index is 0.530. The zero-order chi connectivity index (χ0) is 10.9. The average molecular weight is 245 g/mol. The predicted octanol–water partition coefficient (Wildman–Crippen LogP) is 3.42. The first-order valence-corrected chi connectivity index (χ1v) is 6.57. The summed E-state index contributed by atoms with van der Waals surface area (Å²) in [5, 5.41) is 0. The Morgan fingerprint density at radius 3 is 2.67 bits per heavy atom. The van der Waals surface area contributed by atoms with Gasteiger partial charge in [0.2, 0.25) is 0 Å². The number of halogens is 1. The molecule has 4 heteroatoms. The topological polar surface area (TPSA) is 16.1 Å². The standard InChI is InChI=1S/C11H17ClN2S/c1-11(2)3-5-14(6-4-11)8-9-7-13-10(12)15-9/h7H,3-6,8H2,1-2H3. The molecule has 1 aliphatic heterocycles. The van der Waals surface area contributed by atoms with Gasteiger partial charge >= 0.3 is 0 Å². The number of hydrogen-bond acceptors (Lipinski definition) is 3. The summed E-state index contributed by atoms with van der Waals surface area (Å²) < 4.78 is 0.655. The van der Waals surface area contributed by atoms with Gasteiger partial charge in [0.1, 0.15) is 0 Å². The molecule has 84 valence electrons. The van der Waals surface area contributed by atoms with E-state index in [1.165, 1.54) is 30.8 Å². The maximum absolute atomic E-state index is 5.81. The highest BCUT2D eigenvalue weighted by Crippen LogP contribution is 2.31. The fourth-order valence-electron chi connectivity index (χ4n) is 1.89. The van der Waals surface area contributed by atoms with E-state index < -0.39 is 0 Å². The second-order valence-electron chi connectivity index (χ2n) is 5.02. The molecule has 0 saturated carbocycles. The van der Waals surface area contributed by atoms with Gasteiger partial charge in [-0.15, -0.1) is 11.3 Å². The largest absolute Gasteiger partial charge is 0.298 e. The Balaban J connectivity index is 1.87. The highest BCUT2D eigenvalue weighted by molar-refractivity contribution is 7.15. The van der Waals surface area contributed by atoms with Gasteiger partial charge in [-0.3, -0.25) is 4.90 Å². The van der Waals surface area contributed by atoms with E-state index in [1.807, 2.05) is 6.20 Å². The number of likely N-dealkylation sites (tertiary alicyclic amines) is 1. The van der Waals surface area contributed by atoms with E-state index in [2.05, 4.69) is 23.7 Å². The Morgan fingerprint density at radius 1 is 1.47 bits per heavy atom. The van der Waals surface area contributed by atoms with E-state index in [-0.39, 0.29) is 0 Å². The van der Waals surface area contributed by atoms with Crippen LogP contribution in [0.5, 0.6) is 0 Å². The van der Waals surface area contributed by atoms with Crippen molar-refractivity contribution in [2.24, 2.45) is 5.41 Å². The molecule has 0 bridgehead atoms. The van der Waals surface area contributed by atoms with Gasteiger partial charge in [0.05, 0.1) is 0 Å². The molecule has 2 rings (SSSR count). The van der Waals surface area contributed by atoms with Gasteiger partial charge in [0, 0.05) is 17.6 Å². The lowest BCUT2D eigenvalue weighted by Crippen LogP contribution is -2.36. The van der Waals surface area contributed by atoms with Gasteiger partial charge < -0.3 is 0 Å². The highest BCUT2D eigenvalue weighted by Gasteiger charge is 2.25. The smallest absolute Gasteiger partial charge is 0.183 e. The van der Waals surface area contributed by atoms with Crippen LogP contribution in [0.2, 0.25) is 4.47 Å². The van der Waals surface area contributed by atoms with Crippen molar-refractivity contribution in [2.45, 2.75) is 33.2 Å². The number of thiazole rings is 1. The minimum atomic E-state index is 0.530. The predicted molar refractivity (Wildman–Crippen MR) is 65.4 cm³/mol. The number of aromatic nitrogens is 1. The summed E-state index contributed by atoms with van der Waals surface area (Å²) in [5.41, 5.74) is 0.530. The first kappa shape index (κ1) is 11.4. The van der Waals surface area contributed by atoms with E-state index in [9.17, 15) is 0 Å². The van der Waals surface area contributed by atoms with Crippen molar-refractivity contribution < 1.29 is 0 Å². The third kappa shape index (κ3) is 3.16. The monoisotopic (exact) mass is 244 g/mol. The molecule has 0 amide bonds. The normalized spacial score (nSPS) is 21.8. The highest BCUT2D eigenvalue weighted by atomic mass is 35.5. The van der Waals surface area contributed by atoms with E-state index in [0.29, 0.717) is 9.88 Å². The molecule has 1 aliphatic rings. The van der Waals surface area contributed by atoms with Crippen molar-refractivity contribution in [1.82, 2.24) is 9.88 Å². The van der Waals surface area contributed by atoms with Crippen LogP contribution in [0.3, 0.4) is 0 Å². The Bertz CT molecular complexity index is 325. The van der Waals surface area contributed by atoms with Crippen LogP contribution in [-0.4, -0.2) is 23.0 Å². The molecule has 1 aromatic heterocycles. The van der Waals surface area contributed by atoms with Gasteiger partial charge in [0.25, 0.3) is 0 Å². The molecule has 1 fully saturated rings. The van der Waals surface area contributed by atoms with Crippen LogP contribution in [-0.2, 0) is 6.54 Å². The maximum atomic E-state index is 5.81. The molecule has 0 unspecified atom stereocenters. The summed E-state index contributed by atoms with van der Waals surface area (Å²) in [7, 11) is 0. The number of nitrogens with zero attached hydrogens (tertiary/aromatic N) is 2. The van der Waals surface area contributed by atoms with E-state index in [1.54, 1.807) is 11.3 Å². The van der Waals surface area contributed by atoms with Crippen LogP contribution < -0.4 is 0 Å². The molecule has 1 aromatic rings. The summed E-state index contributed by atoms with van der Waals surface area (Å²) in [4.78, 5) is 7.84. The number of hydrogen-bond donors (Lipinski definition) is 0. The Kier molecular flexibility index (Phi) is 3.33. The Morgan fingerprint density at radius 2 is 2.13 bits per heavy atom. The summed E-state index contributed by atoms with van der Waals surface area (Å²) >= 11 is 7.41. The fourth-order valence-corrected chi connectivity index (χ4v) is 2.91. The van der Waals surface area contributed by atoms with Crippen molar-refractivity contribution in [3.05, 3.63) is 15.5 Å². The third-order valence-electron chi connectivity index (χ3n) is 3.11. The first-order chi connectivity index (χ1) is 7.05. The van der Waals surface area contributed by atoms with Crippen LogP contribution in [0.1, 0.15) is 31.6 Å². The fraction of sp³-hybridized carbons (Fsp3) is 0.727. The molecular weight excluding hydrogens is 228 g/mol. The van der Waals surface area contributed by atoms with Gasteiger partial charge in [-0.05, 0) is 31.3 Å². The van der Waals surface area contributed by atoms with Gasteiger partial charge in [-0.1, -0.05) is 25.4 Å². The van der Waals surface area contributed by atoms with Gasteiger partial charge in [-0.2, -0.15) is 0 Å². The lowest BCUT2D eigenvalue weighted by atomic mass is 9.83. The zero-order valence-corrected chi connectivity index (χ0v) is 10.9. The molecule has 0 atom stereocenters. The van der Waals surface area contributed by atoms with Gasteiger partial charge in [0.15, 0.2) is 4.47 Å². The van der Waals surface area contributed by atoms with Crippen molar-refractivity contribution in [1.29, 1.82) is 0 Å². The molecule has 2 nitrogen and oxygen atoms in total. The van der Waals surface area contributed by atoms with Crippen LogP contribution in [0.15, 0.2) is 6.20 Å². The summed E-state index contributed by atoms with van der Waals surface area (Å²) in [5.74, 6) is 0. The molecule has 0 aromatic carbocycles. The second-order valence-corrected chi connectivity index (χ2v) is 6.72. The van der Waals surface area contributed by atoms with Crippen molar-refractivity contribution in [2.75, 3.05) is 13.1 Å². The lowest BCUT2D eigenvalue weighted by Gasteiger charge is -2.36. The van der Waals surface area contributed by atoms with Crippen LogP contribution in [0.25, 0.3) is 0 Å². The quantitative estimate of drug-likeness (QED) is 0.793. The third-order valence-corrected chi connectivity index (χ3v) is 4.21. The van der Waals surface area contributed by atoms with E-state index >= 15 is 0 Å². The van der Waals surface area contributed by atoms with E-state index in [4.69, 9.17) is 11.6 Å². The molecule has 0 aliphatic carbocycles. The molecule has 0 N–H and O–H groups in total. The van der Waals surface area contributed by atoms with Crippen LogP contribution in [0, 0.1) is 5.41 Å². The SMILES string of the molecule is CC1(C)CCN(Cc2cnc(Cl)s2)CC1. The second kappa shape index (κ2) is 4.40. The molecule has 2 heterocycles. The molecule has 15 heavy (non-hydrogen) atoms. The van der Waals surface area contributed by atoms with Crippen molar-refractivity contribution in [3.63, 3.8) is 0 Å². The average Bonchev–Trinajstić information content (AvgIpc) is 2.55. The minimum Gasteiger partial charge on any atom is -0.298 e. The summed E-state index contributed by atoms with van der Waals surface area (Å²) in [6, 6.07) is 0. The summed E-state index contributed by atoms with van der Waals surface area (Å²) in [6.45, 7) is 8.12. The van der Waals surface area contributed by atoms with Crippen molar-refractivity contribution >= 4 is 22.9 Å². The zero-order valence-electron chi connectivity index (χ0n) is 9.29. The first-order valence-electron chi connectivity index (χ1n) is 5.38. The molecule has 0 spiro atoms. The number of piperidine rings is 1. The maximum Gasteiger partial charge on any atom is 0.183 e. The Hall–Kier alpha value is -0.120. The Labute approximate surface area is 100 Å². The van der Waals surface area contributed by atoms with E-state index in [0.717, 1.165) is 6.54 Å². The van der Waals surface area contributed by atoms with Crippen molar-refractivity contribution in [3.8, 4) is 0 Å². The lowest BCUT2D eigenvalue weighted by molar-refractivity contribution is 0.128. The molecule has 1 saturated heterocycles. The molecule has 0 radical (unpaired) electrons. The van der Waals surface area contributed by atoms with Gasteiger partial charge in [-0.25, -0.2) is 4.98 Å². The number of rotatable bonds is 2. The van der Waals surface area contributed by atoms with Crippen LogP contribution >= 0.6 is 22.9 Å².